The smallest absolute Gasteiger partial charge is 0.410 e. The van der Waals surface area contributed by atoms with Crippen LogP contribution in [0.2, 0.25) is 0 Å². The number of rotatable bonds is 3. The monoisotopic (exact) mass is 578 g/mol. The number of hydrogen-bond donors (Lipinski definition) is 0. The zero-order chi connectivity index (χ0) is 23.5. The molecule has 1 aromatic carbocycles. The predicted octanol–water partition coefficient (Wildman–Crippen LogP) is 5.85. The average molecular weight is 580 g/mol. The van der Waals surface area contributed by atoms with Crippen molar-refractivity contribution in [3.05, 3.63) is 38.9 Å². The lowest BCUT2D eigenvalue weighted by Gasteiger charge is -2.37. The molecule has 2 aromatic rings. The lowest BCUT2D eigenvalue weighted by Crippen LogP contribution is -2.51. The van der Waals surface area contributed by atoms with E-state index in [2.05, 4.69) is 59.6 Å². The van der Waals surface area contributed by atoms with Crippen LogP contribution in [0, 0.1) is 6.92 Å². The van der Waals surface area contributed by atoms with E-state index >= 15 is 0 Å². The first-order valence-corrected chi connectivity index (χ1v) is 12.8. The van der Waals surface area contributed by atoms with E-state index in [4.69, 9.17) is 9.47 Å². The number of aryl methyl sites for hydroxylation is 1. The number of carbonyl (C=O) groups excluding carboxylic acids is 1. The second-order valence-electron chi connectivity index (χ2n) is 9.97. The fourth-order valence-electron chi connectivity index (χ4n) is 4.89. The highest BCUT2D eigenvalue weighted by Gasteiger charge is 2.46. The molecule has 3 aliphatic heterocycles. The van der Waals surface area contributed by atoms with Gasteiger partial charge >= 0.3 is 6.09 Å². The van der Waals surface area contributed by atoms with Gasteiger partial charge in [-0.15, -0.1) is 0 Å². The number of fused-ring (bicyclic) bond motifs is 4. The second kappa shape index (κ2) is 8.43. The van der Waals surface area contributed by atoms with Crippen molar-refractivity contribution in [2.24, 2.45) is 0 Å². The van der Waals surface area contributed by atoms with E-state index in [1.165, 1.54) is 0 Å². The first-order chi connectivity index (χ1) is 15.6. The van der Waals surface area contributed by atoms with Crippen LogP contribution >= 0.6 is 31.9 Å². The minimum Gasteiger partial charge on any atom is -0.451 e. The Morgan fingerprint density at radius 1 is 1.15 bits per heavy atom. The molecule has 33 heavy (non-hydrogen) atoms. The molecule has 2 bridgehead atoms. The number of likely N-dealkylation sites (tertiary alicyclic amines) is 2. The molecule has 1 aromatic heterocycles. The van der Waals surface area contributed by atoms with Gasteiger partial charge in [-0.05, 0) is 67.7 Å². The Balaban J connectivity index is 1.31. The summed E-state index contributed by atoms with van der Waals surface area (Å²) >= 11 is 7.13. The van der Waals surface area contributed by atoms with E-state index in [9.17, 15) is 4.79 Å². The molecule has 9 heteroatoms. The van der Waals surface area contributed by atoms with Crippen LogP contribution in [0.5, 0.6) is 11.5 Å². The van der Waals surface area contributed by atoms with E-state index in [-0.39, 0.29) is 12.1 Å². The number of benzene rings is 1. The molecule has 0 radical (unpaired) electrons. The summed E-state index contributed by atoms with van der Waals surface area (Å²) in [4.78, 5) is 23.9. The standard InChI is InChI=1S/C24H28Br2N4O3/c1-14-7-19-20(10-18(14)26)32-21-8-15(25)11-27-22(21)29(19)6-5-28-12-17-9-16(28)13-30(17)23(31)33-24(2,3)4/h7-8,10-11,16-17H,5-6,9,12-13H2,1-4H3/t16-,17-/m0/s1. The lowest BCUT2D eigenvalue weighted by atomic mass is 10.1. The van der Waals surface area contributed by atoms with Crippen molar-refractivity contribution >= 4 is 49.5 Å². The number of nitrogens with zero attached hydrogens (tertiary/aromatic N) is 4. The molecule has 4 heterocycles. The largest absolute Gasteiger partial charge is 0.451 e. The van der Waals surface area contributed by atoms with Gasteiger partial charge in [-0.2, -0.15) is 0 Å². The molecule has 2 saturated heterocycles. The summed E-state index contributed by atoms with van der Waals surface area (Å²) in [7, 11) is 0. The zero-order valence-corrected chi connectivity index (χ0v) is 22.4. The maximum atomic E-state index is 12.6. The third kappa shape index (κ3) is 4.47. The molecular weight excluding hydrogens is 552 g/mol. The maximum Gasteiger partial charge on any atom is 0.410 e. The molecule has 2 atom stereocenters. The third-order valence-electron chi connectivity index (χ3n) is 6.40. The Morgan fingerprint density at radius 3 is 2.64 bits per heavy atom. The molecule has 0 saturated carbocycles. The summed E-state index contributed by atoms with van der Waals surface area (Å²) in [6, 6.07) is 6.72. The summed E-state index contributed by atoms with van der Waals surface area (Å²) in [5, 5.41) is 0. The van der Waals surface area contributed by atoms with Gasteiger partial charge in [0, 0.05) is 59.5 Å². The number of anilines is 2. The van der Waals surface area contributed by atoms with Crippen LogP contribution in [-0.2, 0) is 4.74 Å². The number of amides is 1. The zero-order valence-electron chi connectivity index (χ0n) is 19.3. The molecule has 176 valence electrons. The normalized spacial score (nSPS) is 21.6. The molecular formula is C24H28Br2N4O3. The Labute approximate surface area is 211 Å². The van der Waals surface area contributed by atoms with Crippen LogP contribution in [0.4, 0.5) is 16.3 Å². The minimum atomic E-state index is -0.467. The van der Waals surface area contributed by atoms with Crippen LogP contribution in [0.3, 0.4) is 0 Å². The van der Waals surface area contributed by atoms with E-state index in [1.54, 1.807) is 0 Å². The Kier molecular flexibility index (Phi) is 5.86. The lowest BCUT2D eigenvalue weighted by molar-refractivity contribution is 0.0132. The number of halogens is 2. The van der Waals surface area contributed by atoms with Crippen molar-refractivity contribution in [2.45, 2.75) is 51.8 Å². The van der Waals surface area contributed by atoms with E-state index < -0.39 is 5.60 Å². The average Bonchev–Trinajstić information content (AvgIpc) is 3.32. The topological polar surface area (TPSA) is 58.1 Å². The molecule has 1 amide bonds. The van der Waals surface area contributed by atoms with Crippen molar-refractivity contribution in [1.29, 1.82) is 0 Å². The van der Waals surface area contributed by atoms with Gasteiger partial charge in [-0.1, -0.05) is 15.9 Å². The maximum absolute atomic E-state index is 12.6. The molecule has 0 unspecified atom stereocenters. The Bertz CT molecular complexity index is 1100. The summed E-state index contributed by atoms with van der Waals surface area (Å²) in [5.74, 6) is 2.39. The highest BCUT2D eigenvalue weighted by atomic mass is 79.9. The third-order valence-corrected chi connectivity index (χ3v) is 7.69. The van der Waals surface area contributed by atoms with Gasteiger partial charge in [0.1, 0.15) is 5.60 Å². The van der Waals surface area contributed by atoms with Gasteiger partial charge in [-0.25, -0.2) is 9.78 Å². The highest BCUT2D eigenvalue weighted by Crippen LogP contribution is 2.48. The van der Waals surface area contributed by atoms with E-state index in [0.717, 1.165) is 70.1 Å². The van der Waals surface area contributed by atoms with Crippen LogP contribution in [0.1, 0.15) is 32.8 Å². The van der Waals surface area contributed by atoms with Crippen molar-refractivity contribution in [3.63, 3.8) is 0 Å². The first-order valence-electron chi connectivity index (χ1n) is 11.2. The Morgan fingerprint density at radius 2 is 1.94 bits per heavy atom. The second-order valence-corrected chi connectivity index (χ2v) is 11.7. The number of piperazine rings is 1. The van der Waals surface area contributed by atoms with E-state index in [1.807, 2.05) is 44.0 Å². The molecule has 2 fully saturated rings. The van der Waals surface area contributed by atoms with Gasteiger partial charge in [0.25, 0.3) is 0 Å². The first kappa shape index (κ1) is 22.9. The SMILES string of the molecule is Cc1cc2c(cc1Br)Oc1cc(Br)cnc1N2CCN1C[C@@H]2C[C@H]1CN2C(=O)OC(C)(C)C. The van der Waals surface area contributed by atoms with Crippen LogP contribution in [-0.4, -0.2) is 64.7 Å². The van der Waals surface area contributed by atoms with E-state index in [0.29, 0.717) is 6.04 Å². The van der Waals surface area contributed by atoms with Crippen molar-refractivity contribution in [2.75, 3.05) is 31.1 Å². The fraction of sp³-hybridized carbons (Fsp3) is 0.500. The molecule has 0 aliphatic carbocycles. The molecule has 0 N–H and O–H groups in total. The summed E-state index contributed by atoms with van der Waals surface area (Å²) < 4.78 is 13.7. The molecule has 0 spiro atoms. The number of aromatic nitrogens is 1. The predicted molar refractivity (Wildman–Crippen MR) is 135 cm³/mol. The quantitative estimate of drug-likeness (QED) is 0.454. The molecule has 7 nitrogen and oxygen atoms in total. The summed E-state index contributed by atoms with van der Waals surface area (Å²) in [6.07, 6.45) is 2.62. The van der Waals surface area contributed by atoms with Crippen molar-refractivity contribution < 1.29 is 14.3 Å². The van der Waals surface area contributed by atoms with Crippen LogP contribution in [0.25, 0.3) is 0 Å². The van der Waals surface area contributed by atoms with Gasteiger partial charge in [0.05, 0.1) is 5.69 Å². The number of ether oxygens (including phenoxy) is 2. The number of pyridine rings is 1. The van der Waals surface area contributed by atoms with Crippen molar-refractivity contribution in [1.82, 2.24) is 14.8 Å². The van der Waals surface area contributed by atoms with Gasteiger partial charge in [0.2, 0.25) is 0 Å². The Hall–Kier alpha value is -1.84. The van der Waals surface area contributed by atoms with Crippen LogP contribution < -0.4 is 9.64 Å². The molecule has 5 rings (SSSR count). The van der Waals surface area contributed by atoms with Crippen molar-refractivity contribution in [3.8, 4) is 11.5 Å². The fourth-order valence-corrected chi connectivity index (χ4v) is 5.52. The van der Waals surface area contributed by atoms with Crippen LogP contribution in [0.15, 0.2) is 33.3 Å². The van der Waals surface area contributed by atoms with Gasteiger partial charge < -0.3 is 19.3 Å². The highest BCUT2D eigenvalue weighted by molar-refractivity contribution is 9.10. The van der Waals surface area contributed by atoms with Gasteiger partial charge in [0.15, 0.2) is 17.3 Å². The summed E-state index contributed by atoms with van der Waals surface area (Å²) in [5.41, 5.74) is 1.71. The number of hydrogen-bond acceptors (Lipinski definition) is 6. The van der Waals surface area contributed by atoms with Gasteiger partial charge in [-0.3, -0.25) is 4.90 Å². The minimum absolute atomic E-state index is 0.193. The summed E-state index contributed by atoms with van der Waals surface area (Å²) in [6.45, 7) is 11.1. The molecule has 3 aliphatic rings. The number of carbonyl (C=O) groups is 1.